The SMILES string of the molecule is CC/C=C\C/C=C\C/C=C\C/C=C\CCC(=O)OC(COC(=O)CCCCCCC/C=C\CCCCC)COC(=O)CCCCCCCCCCCCCCCCCC/C=C\C/C=C\C/C=C\CCCCCCC. The van der Waals surface area contributed by atoms with E-state index in [0.29, 0.717) is 19.3 Å². The molecule has 0 N–H and O–H groups in total. The molecule has 1 atom stereocenters. The van der Waals surface area contributed by atoms with Crippen LogP contribution in [-0.4, -0.2) is 37.2 Å². The lowest BCUT2D eigenvalue weighted by atomic mass is 10.0. The molecule has 74 heavy (non-hydrogen) atoms. The molecule has 424 valence electrons. The first-order valence-electron chi connectivity index (χ1n) is 31.2. The number of ether oxygens (including phenoxy) is 3. The Balaban J connectivity index is 4.18. The van der Waals surface area contributed by atoms with Gasteiger partial charge in [0.2, 0.25) is 0 Å². The minimum Gasteiger partial charge on any atom is -0.462 e. The highest BCUT2D eigenvalue weighted by Gasteiger charge is 2.19. The van der Waals surface area contributed by atoms with Crippen molar-refractivity contribution >= 4 is 17.9 Å². The van der Waals surface area contributed by atoms with Gasteiger partial charge in [-0.2, -0.15) is 0 Å². The second-order valence-electron chi connectivity index (χ2n) is 20.6. The van der Waals surface area contributed by atoms with Gasteiger partial charge in [-0.05, 0) is 109 Å². The van der Waals surface area contributed by atoms with Crippen LogP contribution in [0.2, 0.25) is 0 Å². The fourth-order valence-corrected chi connectivity index (χ4v) is 8.64. The van der Waals surface area contributed by atoms with Crippen LogP contribution < -0.4 is 0 Å². The fourth-order valence-electron chi connectivity index (χ4n) is 8.64. The van der Waals surface area contributed by atoms with Crippen LogP contribution in [0.25, 0.3) is 0 Å². The molecule has 0 aliphatic carbocycles. The normalized spacial score (nSPS) is 12.7. The molecule has 6 nitrogen and oxygen atoms in total. The summed E-state index contributed by atoms with van der Waals surface area (Å²) in [5.41, 5.74) is 0. The lowest BCUT2D eigenvalue weighted by Crippen LogP contribution is -2.30. The average molecular weight is 1030 g/mol. The number of unbranched alkanes of at least 4 members (excludes halogenated alkanes) is 29. The minimum absolute atomic E-state index is 0.107. The van der Waals surface area contributed by atoms with Gasteiger partial charge in [-0.25, -0.2) is 0 Å². The zero-order valence-electron chi connectivity index (χ0n) is 48.6. The van der Waals surface area contributed by atoms with Gasteiger partial charge in [-0.3, -0.25) is 14.4 Å². The molecule has 6 heteroatoms. The van der Waals surface area contributed by atoms with E-state index >= 15 is 0 Å². The maximum absolute atomic E-state index is 12.8. The van der Waals surface area contributed by atoms with Crippen molar-refractivity contribution in [1.29, 1.82) is 0 Å². The Morgan fingerprint density at radius 3 is 0.919 bits per heavy atom. The molecule has 0 saturated carbocycles. The van der Waals surface area contributed by atoms with E-state index in [2.05, 4.69) is 106 Å². The molecule has 0 aliphatic heterocycles. The van der Waals surface area contributed by atoms with Crippen LogP contribution in [0.3, 0.4) is 0 Å². The monoisotopic (exact) mass is 1030 g/mol. The summed E-state index contributed by atoms with van der Waals surface area (Å²) in [5.74, 6) is -0.995. The maximum Gasteiger partial charge on any atom is 0.306 e. The van der Waals surface area contributed by atoms with Gasteiger partial charge < -0.3 is 14.2 Å². The quantitative estimate of drug-likeness (QED) is 0.0261. The van der Waals surface area contributed by atoms with E-state index in [-0.39, 0.29) is 31.6 Å². The molecule has 0 aliphatic rings. The van der Waals surface area contributed by atoms with Gasteiger partial charge in [0.25, 0.3) is 0 Å². The summed E-state index contributed by atoms with van der Waals surface area (Å²) in [6.07, 6.45) is 83.0. The molecule has 0 heterocycles. The Labute approximate surface area is 457 Å². The summed E-state index contributed by atoms with van der Waals surface area (Å²) in [5, 5.41) is 0. The number of esters is 3. The number of hydrogen-bond acceptors (Lipinski definition) is 6. The van der Waals surface area contributed by atoms with E-state index in [9.17, 15) is 14.4 Å². The predicted molar refractivity (Wildman–Crippen MR) is 320 cm³/mol. The Kier molecular flexibility index (Phi) is 58.8. The third kappa shape index (κ3) is 59.2. The second kappa shape index (κ2) is 61.9. The van der Waals surface area contributed by atoms with Crippen LogP contribution in [0, 0.1) is 0 Å². The number of hydrogen-bond donors (Lipinski definition) is 0. The first-order chi connectivity index (χ1) is 36.5. The van der Waals surface area contributed by atoms with Crippen LogP contribution in [0.15, 0.2) is 97.2 Å². The predicted octanol–water partition coefficient (Wildman–Crippen LogP) is 21.3. The summed E-state index contributed by atoms with van der Waals surface area (Å²) >= 11 is 0. The molecule has 0 spiro atoms. The van der Waals surface area contributed by atoms with Gasteiger partial charge in [0.05, 0.1) is 0 Å². The highest BCUT2D eigenvalue weighted by Crippen LogP contribution is 2.16. The fraction of sp³-hybridized carbons (Fsp3) is 0.721. The zero-order chi connectivity index (χ0) is 53.6. The molecule has 0 aromatic heterocycles. The lowest BCUT2D eigenvalue weighted by Gasteiger charge is -2.18. The maximum atomic E-state index is 12.8. The lowest BCUT2D eigenvalue weighted by molar-refractivity contribution is -0.166. The summed E-state index contributed by atoms with van der Waals surface area (Å²) in [4.78, 5) is 38.1. The molecule has 0 amide bonds. The van der Waals surface area contributed by atoms with E-state index < -0.39 is 12.1 Å². The largest absolute Gasteiger partial charge is 0.462 e. The molecular formula is C68H116O6. The molecule has 0 rings (SSSR count). The van der Waals surface area contributed by atoms with Crippen molar-refractivity contribution < 1.29 is 28.6 Å². The Bertz CT molecular complexity index is 1460. The third-order valence-corrected chi connectivity index (χ3v) is 13.3. The van der Waals surface area contributed by atoms with Crippen molar-refractivity contribution in [3.05, 3.63) is 97.2 Å². The summed E-state index contributed by atoms with van der Waals surface area (Å²) in [7, 11) is 0. The summed E-state index contributed by atoms with van der Waals surface area (Å²) in [6, 6.07) is 0. The van der Waals surface area contributed by atoms with Crippen LogP contribution in [0.4, 0.5) is 0 Å². The van der Waals surface area contributed by atoms with Gasteiger partial charge in [-0.1, -0.05) is 266 Å². The zero-order valence-corrected chi connectivity index (χ0v) is 48.6. The van der Waals surface area contributed by atoms with Crippen LogP contribution >= 0.6 is 0 Å². The number of allylic oxidation sites excluding steroid dienone is 16. The van der Waals surface area contributed by atoms with Crippen molar-refractivity contribution in [2.24, 2.45) is 0 Å². The van der Waals surface area contributed by atoms with Crippen molar-refractivity contribution in [1.82, 2.24) is 0 Å². The van der Waals surface area contributed by atoms with Crippen LogP contribution in [0.1, 0.15) is 297 Å². The first kappa shape index (κ1) is 70.3. The van der Waals surface area contributed by atoms with Crippen molar-refractivity contribution in [3.63, 3.8) is 0 Å². The molecule has 0 aromatic carbocycles. The molecule has 0 bridgehead atoms. The number of rotatable bonds is 56. The van der Waals surface area contributed by atoms with Crippen molar-refractivity contribution in [3.8, 4) is 0 Å². The van der Waals surface area contributed by atoms with Gasteiger partial charge in [-0.15, -0.1) is 0 Å². The highest BCUT2D eigenvalue weighted by atomic mass is 16.6. The minimum atomic E-state index is -0.818. The van der Waals surface area contributed by atoms with Gasteiger partial charge in [0.1, 0.15) is 13.2 Å². The van der Waals surface area contributed by atoms with E-state index in [4.69, 9.17) is 14.2 Å². The smallest absolute Gasteiger partial charge is 0.306 e. The molecule has 1 unspecified atom stereocenters. The molecule has 0 radical (unpaired) electrons. The summed E-state index contributed by atoms with van der Waals surface area (Å²) < 4.78 is 16.8. The second-order valence-corrected chi connectivity index (χ2v) is 20.6. The van der Waals surface area contributed by atoms with Gasteiger partial charge in [0, 0.05) is 19.3 Å². The summed E-state index contributed by atoms with van der Waals surface area (Å²) in [6.45, 7) is 6.43. The molecule has 0 fully saturated rings. The van der Waals surface area contributed by atoms with E-state index in [1.807, 2.05) is 12.2 Å². The van der Waals surface area contributed by atoms with E-state index in [0.717, 1.165) is 89.9 Å². The van der Waals surface area contributed by atoms with Crippen LogP contribution in [0.5, 0.6) is 0 Å². The highest BCUT2D eigenvalue weighted by molar-refractivity contribution is 5.71. The Morgan fingerprint density at radius 1 is 0.284 bits per heavy atom. The van der Waals surface area contributed by atoms with Crippen molar-refractivity contribution in [2.75, 3.05) is 13.2 Å². The first-order valence-corrected chi connectivity index (χ1v) is 31.2. The number of carbonyl (C=O) groups is 3. The topological polar surface area (TPSA) is 78.9 Å². The molecule has 0 aromatic rings. The van der Waals surface area contributed by atoms with Gasteiger partial charge in [0.15, 0.2) is 6.10 Å². The van der Waals surface area contributed by atoms with Crippen LogP contribution in [-0.2, 0) is 28.6 Å². The van der Waals surface area contributed by atoms with Gasteiger partial charge >= 0.3 is 17.9 Å². The average Bonchev–Trinajstić information content (AvgIpc) is 3.40. The Hall–Kier alpha value is -3.67. The number of carbonyl (C=O) groups excluding carboxylic acids is 3. The third-order valence-electron chi connectivity index (χ3n) is 13.3. The molecule has 0 saturated heterocycles. The van der Waals surface area contributed by atoms with Crippen molar-refractivity contribution in [2.45, 2.75) is 303 Å². The Morgan fingerprint density at radius 2 is 0.554 bits per heavy atom. The van der Waals surface area contributed by atoms with E-state index in [1.165, 1.54) is 161 Å². The molecular weight excluding hydrogens is 913 g/mol. The standard InChI is InChI=1S/C68H116O6/c1-4-7-10-13-16-19-22-25-26-27-28-29-30-31-32-33-34-35-36-37-38-39-40-41-42-44-46-49-52-55-58-61-67(70)73-64-65(63-72-66(69)60-57-54-51-48-45-24-21-18-15-12-9-6-3)74-68(71)62-59-56-53-50-47-43-23-20-17-14-11-8-5-2/h8,11,17-18,20-22,25,27-28,30-31,43,47,53,56,65H,4-7,9-10,12-16,19,23-24,26,29,32-42,44-46,48-52,54-55,57-64H2,1-3H3/b11-8-,20-17-,21-18-,25-22-,28-27-,31-30-,47-43-,56-53-. The van der Waals surface area contributed by atoms with E-state index in [1.54, 1.807) is 0 Å².